The third-order valence-corrected chi connectivity index (χ3v) is 3.14. The fourth-order valence-corrected chi connectivity index (χ4v) is 1.95. The molecule has 0 spiro atoms. The topological polar surface area (TPSA) is 83.0 Å². The molecular weight excluding hydrogens is 292 g/mol. The Kier molecular flexibility index (Phi) is 6.43. The highest BCUT2D eigenvalue weighted by molar-refractivity contribution is 5.92. The standard InChI is InChI=1S/C16H22N6O/c1-22(2)9-5-8-18-16(23)14-10-15(21-12-20-14)19-11-13-6-3-4-7-17-13/h3-4,6-7,10,12H,5,8-9,11H2,1-2H3,(H,18,23)(H,19,20,21). The first-order valence-corrected chi connectivity index (χ1v) is 7.54. The summed E-state index contributed by atoms with van der Waals surface area (Å²) in [6, 6.07) is 7.36. The Hall–Kier alpha value is -2.54. The van der Waals surface area contributed by atoms with Gasteiger partial charge in [0.05, 0.1) is 12.2 Å². The summed E-state index contributed by atoms with van der Waals surface area (Å²) in [4.78, 5) is 26.5. The summed E-state index contributed by atoms with van der Waals surface area (Å²) >= 11 is 0. The lowest BCUT2D eigenvalue weighted by Crippen LogP contribution is -2.27. The molecule has 2 heterocycles. The Morgan fingerprint density at radius 1 is 1.22 bits per heavy atom. The lowest BCUT2D eigenvalue weighted by Gasteiger charge is -2.10. The van der Waals surface area contributed by atoms with Crippen LogP contribution in [-0.4, -0.2) is 52.9 Å². The van der Waals surface area contributed by atoms with Crippen LogP contribution in [0.15, 0.2) is 36.8 Å². The summed E-state index contributed by atoms with van der Waals surface area (Å²) in [5.41, 5.74) is 1.26. The van der Waals surface area contributed by atoms with E-state index < -0.39 is 0 Å². The second kappa shape index (κ2) is 8.79. The van der Waals surface area contributed by atoms with Gasteiger partial charge < -0.3 is 15.5 Å². The lowest BCUT2D eigenvalue weighted by molar-refractivity contribution is 0.0947. The predicted octanol–water partition coefficient (Wildman–Crippen LogP) is 1.17. The van der Waals surface area contributed by atoms with Gasteiger partial charge in [0, 0.05) is 18.8 Å². The van der Waals surface area contributed by atoms with Crippen LogP contribution in [0.4, 0.5) is 5.82 Å². The number of carbonyl (C=O) groups is 1. The predicted molar refractivity (Wildman–Crippen MR) is 89.1 cm³/mol. The number of nitrogens with one attached hydrogen (secondary N) is 2. The van der Waals surface area contributed by atoms with Gasteiger partial charge in [-0.1, -0.05) is 6.07 Å². The number of rotatable bonds is 8. The number of amides is 1. The third-order valence-electron chi connectivity index (χ3n) is 3.14. The molecule has 0 fully saturated rings. The van der Waals surface area contributed by atoms with Crippen molar-refractivity contribution in [2.45, 2.75) is 13.0 Å². The van der Waals surface area contributed by atoms with Gasteiger partial charge in [-0.3, -0.25) is 9.78 Å². The van der Waals surface area contributed by atoms with E-state index in [1.54, 1.807) is 12.3 Å². The van der Waals surface area contributed by atoms with Gasteiger partial charge in [-0.2, -0.15) is 0 Å². The molecule has 0 aliphatic rings. The van der Waals surface area contributed by atoms with Crippen LogP contribution in [0.5, 0.6) is 0 Å². The van der Waals surface area contributed by atoms with Gasteiger partial charge >= 0.3 is 0 Å². The molecule has 0 radical (unpaired) electrons. The van der Waals surface area contributed by atoms with E-state index in [2.05, 4.69) is 30.5 Å². The van der Waals surface area contributed by atoms with Crippen molar-refractivity contribution in [2.75, 3.05) is 32.5 Å². The molecule has 23 heavy (non-hydrogen) atoms. The molecule has 0 bridgehead atoms. The number of pyridine rings is 1. The largest absolute Gasteiger partial charge is 0.364 e. The van der Waals surface area contributed by atoms with Crippen LogP contribution in [0, 0.1) is 0 Å². The summed E-state index contributed by atoms with van der Waals surface area (Å²) in [5, 5.41) is 6.00. The van der Waals surface area contributed by atoms with Crippen LogP contribution in [0.1, 0.15) is 22.6 Å². The van der Waals surface area contributed by atoms with E-state index in [9.17, 15) is 4.79 Å². The first-order chi connectivity index (χ1) is 11.1. The lowest BCUT2D eigenvalue weighted by atomic mass is 10.3. The van der Waals surface area contributed by atoms with Crippen LogP contribution in [0.25, 0.3) is 0 Å². The minimum absolute atomic E-state index is 0.188. The van der Waals surface area contributed by atoms with Crippen molar-refractivity contribution in [1.82, 2.24) is 25.2 Å². The van der Waals surface area contributed by atoms with Gasteiger partial charge in [0.2, 0.25) is 0 Å². The molecule has 0 aliphatic carbocycles. The maximum Gasteiger partial charge on any atom is 0.270 e. The van der Waals surface area contributed by atoms with Crippen LogP contribution >= 0.6 is 0 Å². The first-order valence-electron chi connectivity index (χ1n) is 7.54. The van der Waals surface area contributed by atoms with E-state index in [0.717, 1.165) is 18.7 Å². The van der Waals surface area contributed by atoms with Crippen molar-refractivity contribution in [3.63, 3.8) is 0 Å². The van der Waals surface area contributed by atoms with Crippen LogP contribution in [0.3, 0.4) is 0 Å². The maximum absolute atomic E-state index is 12.1. The molecule has 0 saturated carbocycles. The summed E-state index contributed by atoms with van der Waals surface area (Å²) in [6.07, 6.45) is 4.02. The molecule has 0 saturated heterocycles. The molecule has 0 unspecified atom stereocenters. The molecule has 2 N–H and O–H groups in total. The van der Waals surface area contributed by atoms with Crippen molar-refractivity contribution in [2.24, 2.45) is 0 Å². The number of hydrogen-bond donors (Lipinski definition) is 2. The Morgan fingerprint density at radius 3 is 2.83 bits per heavy atom. The fraction of sp³-hybridized carbons (Fsp3) is 0.375. The fourth-order valence-electron chi connectivity index (χ4n) is 1.95. The summed E-state index contributed by atoms with van der Waals surface area (Å²) in [7, 11) is 4.01. The zero-order valence-electron chi connectivity index (χ0n) is 13.5. The minimum atomic E-state index is -0.188. The molecule has 2 aromatic rings. The normalized spacial score (nSPS) is 10.6. The van der Waals surface area contributed by atoms with E-state index in [1.807, 2.05) is 32.3 Å². The molecule has 122 valence electrons. The van der Waals surface area contributed by atoms with E-state index >= 15 is 0 Å². The van der Waals surface area contributed by atoms with E-state index in [4.69, 9.17) is 0 Å². The summed E-state index contributed by atoms with van der Waals surface area (Å²) < 4.78 is 0. The first kappa shape index (κ1) is 16.8. The Bertz CT molecular complexity index is 617. The van der Waals surface area contributed by atoms with Crippen molar-refractivity contribution >= 4 is 11.7 Å². The summed E-state index contributed by atoms with van der Waals surface area (Å²) in [6.45, 7) is 2.10. The third kappa shape index (κ3) is 5.99. The van der Waals surface area contributed by atoms with Gasteiger partial charge in [0.15, 0.2) is 0 Å². The molecule has 2 rings (SSSR count). The van der Waals surface area contributed by atoms with Gasteiger partial charge in [-0.25, -0.2) is 9.97 Å². The number of aromatic nitrogens is 3. The Morgan fingerprint density at radius 2 is 2.09 bits per heavy atom. The average Bonchev–Trinajstić information content (AvgIpc) is 2.58. The van der Waals surface area contributed by atoms with Gasteiger partial charge in [-0.05, 0) is 39.2 Å². The number of anilines is 1. The van der Waals surface area contributed by atoms with Gasteiger partial charge in [0.1, 0.15) is 17.8 Å². The molecule has 0 aromatic carbocycles. The molecule has 7 heteroatoms. The molecule has 0 aliphatic heterocycles. The quantitative estimate of drug-likeness (QED) is 0.712. The highest BCUT2D eigenvalue weighted by Gasteiger charge is 2.08. The molecule has 2 aromatic heterocycles. The van der Waals surface area contributed by atoms with Gasteiger partial charge in [-0.15, -0.1) is 0 Å². The van der Waals surface area contributed by atoms with E-state index in [1.165, 1.54) is 6.33 Å². The highest BCUT2D eigenvalue weighted by Crippen LogP contribution is 2.06. The molecule has 7 nitrogen and oxygen atoms in total. The van der Waals surface area contributed by atoms with E-state index in [0.29, 0.717) is 24.6 Å². The Labute approximate surface area is 136 Å². The molecule has 0 atom stereocenters. The zero-order valence-corrected chi connectivity index (χ0v) is 13.5. The van der Waals surface area contributed by atoms with Crippen LogP contribution < -0.4 is 10.6 Å². The van der Waals surface area contributed by atoms with Crippen LogP contribution in [0.2, 0.25) is 0 Å². The number of hydrogen-bond acceptors (Lipinski definition) is 6. The average molecular weight is 314 g/mol. The molecule has 1 amide bonds. The smallest absolute Gasteiger partial charge is 0.270 e. The second-order valence-electron chi connectivity index (χ2n) is 5.38. The number of nitrogens with zero attached hydrogens (tertiary/aromatic N) is 4. The second-order valence-corrected chi connectivity index (χ2v) is 5.38. The SMILES string of the molecule is CN(C)CCCNC(=O)c1cc(NCc2ccccn2)ncn1. The minimum Gasteiger partial charge on any atom is -0.364 e. The van der Waals surface area contributed by atoms with Crippen molar-refractivity contribution in [1.29, 1.82) is 0 Å². The van der Waals surface area contributed by atoms with Gasteiger partial charge in [0.25, 0.3) is 5.91 Å². The monoisotopic (exact) mass is 314 g/mol. The highest BCUT2D eigenvalue weighted by atomic mass is 16.1. The maximum atomic E-state index is 12.1. The Balaban J connectivity index is 1.85. The van der Waals surface area contributed by atoms with Crippen molar-refractivity contribution in [3.05, 3.63) is 48.2 Å². The molecular formula is C16H22N6O. The van der Waals surface area contributed by atoms with E-state index in [-0.39, 0.29) is 5.91 Å². The summed E-state index contributed by atoms with van der Waals surface area (Å²) in [5.74, 6) is 0.413. The zero-order chi connectivity index (χ0) is 16.5. The number of carbonyl (C=O) groups excluding carboxylic acids is 1. The van der Waals surface area contributed by atoms with Crippen LogP contribution in [-0.2, 0) is 6.54 Å². The van der Waals surface area contributed by atoms with Crippen molar-refractivity contribution in [3.8, 4) is 0 Å². The van der Waals surface area contributed by atoms with Crippen molar-refractivity contribution < 1.29 is 4.79 Å².